The minimum atomic E-state index is -0.532. The highest BCUT2D eigenvalue weighted by Gasteiger charge is 2.17. The van der Waals surface area contributed by atoms with E-state index < -0.39 is 11.8 Å². The third-order valence-electron chi connectivity index (χ3n) is 7.51. The van der Waals surface area contributed by atoms with Crippen LogP contribution in [0.3, 0.4) is 0 Å². The number of carbonyl (C=O) groups excluding carboxylic acids is 3. The van der Waals surface area contributed by atoms with Crippen LogP contribution in [0.1, 0.15) is 15.9 Å². The quantitative estimate of drug-likeness (QED) is 0.0872. The number of hydrogen-bond acceptors (Lipinski definition) is 8. The van der Waals surface area contributed by atoms with Crippen molar-refractivity contribution in [3.63, 3.8) is 0 Å². The number of aromatic nitrogens is 1. The van der Waals surface area contributed by atoms with E-state index in [0.717, 1.165) is 26.9 Å². The van der Waals surface area contributed by atoms with Gasteiger partial charge < -0.3 is 25.4 Å². The third kappa shape index (κ3) is 8.56. The molecule has 6 aromatic rings. The van der Waals surface area contributed by atoms with Crippen LogP contribution in [0.5, 0.6) is 11.5 Å². The van der Waals surface area contributed by atoms with Gasteiger partial charge in [-0.15, -0.1) is 23.1 Å². The Morgan fingerprint density at radius 2 is 1.56 bits per heavy atom. The number of methoxy groups -OCH3 is 2. The Hall–Kier alpha value is -5.91. The van der Waals surface area contributed by atoms with Crippen LogP contribution < -0.4 is 25.4 Å². The zero-order valence-electron chi connectivity index (χ0n) is 27.1. The molecule has 3 amide bonds. The van der Waals surface area contributed by atoms with Crippen molar-refractivity contribution in [2.45, 2.75) is 4.90 Å². The summed E-state index contributed by atoms with van der Waals surface area (Å²) in [6.07, 6.45) is 1.56. The molecule has 0 atom stereocenters. The molecule has 250 valence electrons. The van der Waals surface area contributed by atoms with Gasteiger partial charge in [0.15, 0.2) is 16.6 Å². The van der Waals surface area contributed by atoms with Crippen LogP contribution in [0.2, 0.25) is 0 Å². The molecule has 0 spiro atoms. The molecule has 0 aliphatic rings. The topological polar surface area (TPSA) is 119 Å². The first-order chi connectivity index (χ1) is 24.4. The molecule has 0 fully saturated rings. The third-order valence-corrected chi connectivity index (χ3v) is 9.26. The van der Waals surface area contributed by atoms with Crippen LogP contribution in [0, 0.1) is 0 Å². The van der Waals surface area contributed by atoms with Gasteiger partial charge in [-0.25, -0.2) is 4.98 Å². The molecule has 0 bridgehead atoms. The van der Waals surface area contributed by atoms with Crippen molar-refractivity contribution in [2.75, 3.05) is 30.6 Å². The van der Waals surface area contributed by atoms with Crippen molar-refractivity contribution in [3.05, 3.63) is 137 Å². The van der Waals surface area contributed by atoms with E-state index in [1.807, 2.05) is 29.6 Å². The second kappa shape index (κ2) is 16.0. The fourth-order valence-electron chi connectivity index (χ4n) is 5.03. The number of rotatable bonds is 12. The summed E-state index contributed by atoms with van der Waals surface area (Å²) >= 11 is 2.69. The van der Waals surface area contributed by atoms with Gasteiger partial charge in [-0.1, -0.05) is 66.7 Å². The van der Waals surface area contributed by atoms with Gasteiger partial charge in [0.25, 0.3) is 11.8 Å². The summed E-state index contributed by atoms with van der Waals surface area (Å²) in [4.78, 5) is 44.9. The van der Waals surface area contributed by atoms with E-state index in [9.17, 15) is 14.4 Å². The number of carbonyl (C=O) groups is 3. The Kier molecular flexibility index (Phi) is 10.9. The maximum Gasteiger partial charge on any atom is 0.272 e. The maximum absolute atomic E-state index is 13.6. The summed E-state index contributed by atoms with van der Waals surface area (Å²) in [7, 11) is 3.06. The summed E-state index contributed by atoms with van der Waals surface area (Å²) < 4.78 is 10.7. The molecule has 3 N–H and O–H groups in total. The van der Waals surface area contributed by atoms with E-state index in [1.165, 1.54) is 37.3 Å². The van der Waals surface area contributed by atoms with Crippen LogP contribution in [-0.4, -0.2) is 42.7 Å². The Balaban J connectivity index is 1.11. The maximum atomic E-state index is 13.6. The van der Waals surface area contributed by atoms with Gasteiger partial charge in [0.2, 0.25) is 5.91 Å². The SMILES string of the molecule is COc1ccc(/C=C(/NC(=O)c2ccccc2)C(=O)Nc2cccc(SCC(=O)Nc3nc(-c4ccc5ccccc5c4)cs3)c2)cc1OC. The predicted octanol–water partition coefficient (Wildman–Crippen LogP) is 8.12. The van der Waals surface area contributed by atoms with Gasteiger partial charge in [-0.3, -0.25) is 14.4 Å². The Morgan fingerprint density at radius 3 is 2.36 bits per heavy atom. The van der Waals surface area contributed by atoms with Gasteiger partial charge in [-0.05, 0) is 70.9 Å². The van der Waals surface area contributed by atoms with Crippen molar-refractivity contribution in [1.29, 1.82) is 0 Å². The highest BCUT2D eigenvalue weighted by molar-refractivity contribution is 8.00. The molecule has 0 aliphatic carbocycles. The molecule has 11 heteroatoms. The number of nitrogens with zero attached hydrogens (tertiary/aromatic N) is 1. The second-order valence-corrected chi connectivity index (χ2v) is 12.8. The lowest BCUT2D eigenvalue weighted by atomic mass is 10.1. The molecule has 0 unspecified atom stereocenters. The lowest BCUT2D eigenvalue weighted by Crippen LogP contribution is -2.30. The lowest BCUT2D eigenvalue weighted by Gasteiger charge is -2.13. The number of nitrogens with one attached hydrogen (secondary N) is 3. The smallest absolute Gasteiger partial charge is 0.272 e. The molecule has 0 saturated heterocycles. The zero-order chi connectivity index (χ0) is 34.9. The van der Waals surface area contributed by atoms with Gasteiger partial charge in [0.1, 0.15) is 5.70 Å². The molecule has 1 aromatic heterocycles. The van der Waals surface area contributed by atoms with Crippen molar-refractivity contribution in [3.8, 4) is 22.8 Å². The summed E-state index contributed by atoms with van der Waals surface area (Å²) in [6, 6.07) is 35.3. The van der Waals surface area contributed by atoms with Gasteiger partial charge >= 0.3 is 0 Å². The van der Waals surface area contributed by atoms with Crippen molar-refractivity contribution < 1.29 is 23.9 Å². The van der Waals surface area contributed by atoms with Gasteiger partial charge in [0.05, 0.1) is 25.7 Å². The van der Waals surface area contributed by atoms with Crippen LogP contribution in [0.4, 0.5) is 10.8 Å². The number of fused-ring (bicyclic) bond motifs is 1. The van der Waals surface area contributed by atoms with Crippen molar-refractivity contribution >= 4 is 68.5 Å². The molecule has 0 radical (unpaired) electrons. The van der Waals surface area contributed by atoms with Crippen molar-refractivity contribution in [2.24, 2.45) is 0 Å². The fourth-order valence-corrected chi connectivity index (χ4v) is 6.52. The highest BCUT2D eigenvalue weighted by atomic mass is 32.2. The number of thiazole rings is 1. The minimum absolute atomic E-state index is 0.0232. The summed E-state index contributed by atoms with van der Waals surface area (Å²) in [5, 5.41) is 13.2. The summed E-state index contributed by atoms with van der Waals surface area (Å²) in [6.45, 7) is 0. The molecule has 1 heterocycles. The average molecular weight is 701 g/mol. The second-order valence-electron chi connectivity index (χ2n) is 10.9. The zero-order valence-corrected chi connectivity index (χ0v) is 28.8. The standard InChI is InChI=1S/C39H32N4O5S2/c1-47-34-18-15-25(20-35(34)48-2)19-32(41-37(45)27-10-4-3-5-11-27)38(46)40-30-13-8-14-31(22-30)49-24-36(44)43-39-42-33(23-50-39)29-17-16-26-9-6-7-12-28(26)21-29/h3-23H,24H2,1-2H3,(H,40,46)(H,41,45)(H,42,43,44)/b32-19+. The van der Waals surface area contributed by atoms with Crippen molar-refractivity contribution in [1.82, 2.24) is 10.3 Å². The largest absolute Gasteiger partial charge is 0.493 e. The average Bonchev–Trinajstić information content (AvgIpc) is 3.62. The molecular formula is C39H32N4O5S2. The van der Waals surface area contributed by atoms with Crippen LogP contribution in [0.25, 0.3) is 28.1 Å². The number of anilines is 2. The molecule has 5 aromatic carbocycles. The highest BCUT2D eigenvalue weighted by Crippen LogP contribution is 2.30. The first-order valence-corrected chi connectivity index (χ1v) is 17.3. The lowest BCUT2D eigenvalue weighted by molar-refractivity contribution is -0.114. The summed E-state index contributed by atoms with van der Waals surface area (Å²) in [5.41, 5.74) is 3.31. The first-order valence-electron chi connectivity index (χ1n) is 15.5. The van der Waals surface area contributed by atoms with Gasteiger partial charge in [0, 0.05) is 27.1 Å². The Morgan fingerprint density at radius 1 is 0.780 bits per heavy atom. The molecule has 0 aliphatic heterocycles. The molecular weight excluding hydrogens is 669 g/mol. The Labute approximate surface area is 297 Å². The van der Waals surface area contributed by atoms with E-state index >= 15 is 0 Å². The molecule has 50 heavy (non-hydrogen) atoms. The van der Waals surface area contributed by atoms with Crippen LogP contribution in [-0.2, 0) is 9.59 Å². The molecule has 9 nitrogen and oxygen atoms in total. The number of thioether (sulfide) groups is 1. The fraction of sp³-hybridized carbons (Fsp3) is 0.0769. The van der Waals surface area contributed by atoms with Crippen LogP contribution in [0.15, 0.2) is 131 Å². The van der Waals surface area contributed by atoms with Gasteiger partial charge in [-0.2, -0.15) is 0 Å². The monoisotopic (exact) mass is 700 g/mol. The number of benzene rings is 5. The van der Waals surface area contributed by atoms with E-state index in [4.69, 9.17) is 9.47 Å². The van der Waals surface area contributed by atoms with E-state index in [0.29, 0.717) is 33.4 Å². The van der Waals surface area contributed by atoms with E-state index in [1.54, 1.807) is 72.8 Å². The number of ether oxygens (including phenoxy) is 2. The van der Waals surface area contributed by atoms with Crippen LogP contribution >= 0.6 is 23.1 Å². The molecule has 0 saturated carbocycles. The van der Waals surface area contributed by atoms with E-state index in [2.05, 4.69) is 45.2 Å². The summed E-state index contributed by atoms with van der Waals surface area (Å²) in [5.74, 6) is -0.0244. The molecule has 6 rings (SSSR count). The first kappa shape index (κ1) is 34.0. The van der Waals surface area contributed by atoms with E-state index in [-0.39, 0.29) is 17.4 Å². The predicted molar refractivity (Wildman–Crippen MR) is 201 cm³/mol. The normalized spacial score (nSPS) is 11.1. The minimum Gasteiger partial charge on any atom is -0.493 e. The number of amides is 3. The Bertz CT molecular complexity index is 2200. The number of hydrogen-bond donors (Lipinski definition) is 3.